The van der Waals surface area contributed by atoms with Crippen LogP contribution in [0.4, 0.5) is 5.69 Å². The Morgan fingerprint density at radius 2 is 1.56 bits per heavy atom. The molecule has 2 nitrogen and oxygen atoms in total. The summed E-state index contributed by atoms with van der Waals surface area (Å²) in [5.74, 6) is 0. The van der Waals surface area contributed by atoms with Crippen LogP contribution in [0.1, 0.15) is 0 Å². The summed E-state index contributed by atoms with van der Waals surface area (Å²) >= 11 is 2.22. The van der Waals surface area contributed by atoms with Crippen LogP contribution in [-0.2, 0) is 11.0 Å². The molecule has 0 fully saturated rings. The number of halogens is 1. The van der Waals surface area contributed by atoms with Crippen LogP contribution in [0.25, 0.3) is 0 Å². The zero-order chi connectivity index (χ0) is 11.4. The minimum Gasteiger partial charge on any atom is -0.301 e. The fourth-order valence-electron chi connectivity index (χ4n) is 1.23. The van der Waals surface area contributed by atoms with E-state index in [0.717, 1.165) is 14.2 Å². The lowest BCUT2D eigenvalue weighted by Gasteiger charge is -2.05. The maximum absolute atomic E-state index is 11.9. The van der Waals surface area contributed by atoms with Gasteiger partial charge in [0.1, 0.15) is 11.0 Å². The van der Waals surface area contributed by atoms with Crippen LogP contribution in [-0.4, -0.2) is 4.21 Å². The highest BCUT2D eigenvalue weighted by atomic mass is 127. The Hall–Kier alpha value is -0.880. The van der Waals surface area contributed by atoms with Crippen LogP contribution in [0.15, 0.2) is 59.5 Å². The van der Waals surface area contributed by atoms with Gasteiger partial charge in [0.25, 0.3) is 0 Å². The van der Waals surface area contributed by atoms with E-state index < -0.39 is 11.0 Å². The van der Waals surface area contributed by atoms with Crippen LogP contribution >= 0.6 is 22.6 Å². The van der Waals surface area contributed by atoms with Crippen molar-refractivity contribution in [3.63, 3.8) is 0 Å². The lowest BCUT2D eigenvalue weighted by Crippen LogP contribution is -2.04. The predicted molar refractivity (Wildman–Crippen MR) is 75.6 cm³/mol. The summed E-state index contributed by atoms with van der Waals surface area (Å²) in [6.07, 6.45) is 0. The van der Waals surface area contributed by atoms with Gasteiger partial charge in [0.05, 0.1) is 4.90 Å². The second-order valence-electron chi connectivity index (χ2n) is 3.19. The molecule has 0 amide bonds. The molecule has 16 heavy (non-hydrogen) atoms. The third kappa shape index (κ3) is 3.05. The van der Waals surface area contributed by atoms with E-state index in [2.05, 4.69) is 27.3 Å². The van der Waals surface area contributed by atoms with Gasteiger partial charge in [-0.3, -0.25) is 0 Å². The van der Waals surface area contributed by atoms with Gasteiger partial charge in [-0.15, -0.1) is 0 Å². The van der Waals surface area contributed by atoms with E-state index in [1.165, 1.54) is 0 Å². The molecule has 0 aliphatic heterocycles. The summed E-state index contributed by atoms with van der Waals surface area (Å²) in [6.45, 7) is 0. The smallest absolute Gasteiger partial charge is 0.150 e. The van der Waals surface area contributed by atoms with Crippen molar-refractivity contribution in [3.8, 4) is 0 Å². The maximum atomic E-state index is 11.9. The summed E-state index contributed by atoms with van der Waals surface area (Å²) in [4.78, 5) is 0.782. The average molecular weight is 343 g/mol. The van der Waals surface area contributed by atoms with Crippen molar-refractivity contribution in [1.29, 1.82) is 0 Å². The van der Waals surface area contributed by atoms with Crippen molar-refractivity contribution in [2.45, 2.75) is 4.90 Å². The largest absolute Gasteiger partial charge is 0.301 e. The number of rotatable bonds is 3. The van der Waals surface area contributed by atoms with Crippen LogP contribution in [0.2, 0.25) is 0 Å². The first kappa shape index (κ1) is 11.6. The molecule has 0 aliphatic rings. The molecule has 4 heteroatoms. The summed E-state index contributed by atoms with van der Waals surface area (Å²) < 4.78 is 16.0. The van der Waals surface area contributed by atoms with E-state index in [9.17, 15) is 4.21 Å². The molecule has 0 aromatic heterocycles. The van der Waals surface area contributed by atoms with Gasteiger partial charge in [0.15, 0.2) is 0 Å². The maximum Gasteiger partial charge on any atom is 0.150 e. The molecule has 0 spiro atoms. The van der Waals surface area contributed by atoms with Crippen molar-refractivity contribution in [2.75, 3.05) is 4.72 Å². The number of benzene rings is 2. The van der Waals surface area contributed by atoms with E-state index in [-0.39, 0.29) is 0 Å². The van der Waals surface area contributed by atoms with Crippen molar-refractivity contribution in [3.05, 3.63) is 58.2 Å². The Bertz CT molecular complexity index is 484. The molecule has 2 rings (SSSR count). The number of hydrogen-bond donors (Lipinski definition) is 1. The van der Waals surface area contributed by atoms with Crippen molar-refractivity contribution in [1.82, 2.24) is 0 Å². The normalized spacial score (nSPS) is 12.1. The molecule has 0 aliphatic carbocycles. The van der Waals surface area contributed by atoms with E-state index in [0.29, 0.717) is 0 Å². The van der Waals surface area contributed by atoms with E-state index in [4.69, 9.17) is 0 Å². The number of hydrogen-bond acceptors (Lipinski definition) is 1. The highest BCUT2D eigenvalue weighted by molar-refractivity contribution is 14.1. The van der Waals surface area contributed by atoms with Crippen molar-refractivity contribution < 1.29 is 4.21 Å². The van der Waals surface area contributed by atoms with Crippen LogP contribution < -0.4 is 4.72 Å². The fraction of sp³-hybridized carbons (Fsp3) is 0. The lowest BCUT2D eigenvalue weighted by molar-refractivity contribution is 0.686. The molecule has 1 N–H and O–H groups in total. The van der Waals surface area contributed by atoms with Crippen molar-refractivity contribution >= 4 is 39.3 Å². The van der Waals surface area contributed by atoms with E-state index >= 15 is 0 Å². The monoisotopic (exact) mass is 343 g/mol. The molecule has 0 saturated carbocycles. The summed E-state index contributed by atoms with van der Waals surface area (Å²) in [7, 11) is -1.20. The lowest BCUT2D eigenvalue weighted by atomic mass is 10.3. The Kier molecular flexibility index (Phi) is 3.95. The first-order valence-electron chi connectivity index (χ1n) is 4.75. The molecular weight excluding hydrogens is 333 g/mol. The molecule has 0 bridgehead atoms. The second-order valence-corrected chi connectivity index (χ2v) is 5.65. The summed E-state index contributed by atoms with van der Waals surface area (Å²) in [5.41, 5.74) is 0.861. The third-order valence-corrected chi connectivity index (χ3v) is 3.85. The number of para-hydroxylation sites is 1. The fourth-order valence-corrected chi connectivity index (χ4v) is 2.44. The molecule has 0 heterocycles. The van der Waals surface area contributed by atoms with Crippen LogP contribution in [0.5, 0.6) is 0 Å². The molecular formula is C12H10INOS. The Morgan fingerprint density at radius 1 is 0.938 bits per heavy atom. The Morgan fingerprint density at radius 3 is 2.19 bits per heavy atom. The molecule has 2 aromatic carbocycles. The quantitative estimate of drug-likeness (QED) is 0.850. The standard InChI is InChI=1S/C12H10INOS/c13-10-6-8-12(9-7-10)16(15)14-11-4-2-1-3-5-11/h1-9,14H/t16-/m0/s1. The molecule has 1 atom stereocenters. The predicted octanol–water partition coefficient (Wildman–Crippen LogP) is 3.43. The number of nitrogens with one attached hydrogen (secondary N) is 1. The third-order valence-electron chi connectivity index (χ3n) is 2.01. The first-order valence-corrected chi connectivity index (χ1v) is 6.97. The average Bonchev–Trinajstić information content (AvgIpc) is 2.31. The molecule has 0 radical (unpaired) electrons. The SMILES string of the molecule is O=[S@](Nc1ccccc1)c1ccc(I)cc1. The highest BCUT2D eigenvalue weighted by Crippen LogP contribution is 2.13. The Labute approximate surface area is 111 Å². The van der Waals surface area contributed by atoms with Crippen LogP contribution in [0.3, 0.4) is 0 Å². The molecule has 82 valence electrons. The second kappa shape index (κ2) is 5.45. The minimum absolute atomic E-state index is 0.782. The zero-order valence-corrected chi connectivity index (χ0v) is 11.4. The van der Waals surface area contributed by atoms with E-state index in [1.54, 1.807) is 0 Å². The topological polar surface area (TPSA) is 29.1 Å². The van der Waals surface area contributed by atoms with Gasteiger partial charge < -0.3 is 4.72 Å². The summed E-state index contributed by atoms with van der Waals surface area (Å²) in [5, 5.41) is 0. The Balaban J connectivity index is 2.12. The van der Waals surface area contributed by atoms with Gasteiger partial charge in [-0.25, -0.2) is 4.21 Å². The van der Waals surface area contributed by atoms with Gasteiger partial charge in [0.2, 0.25) is 0 Å². The summed E-state index contributed by atoms with van der Waals surface area (Å²) in [6, 6.07) is 17.2. The first-order chi connectivity index (χ1) is 7.75. The van der Waals surface area contributed by atoms with Crippen LogP contribution in [0, 0.1) is 3.57 Å². The van der Waals surface area contributed by atoms with Gasteiger partial charge in [-0.1, -0.05) is 18.2 Å². The molecule has 0 unspecified atom stereocenters. The van der Waals surface area contributed by atoms with Gasteiger partial charge in [-0.2, -0.15) is 0 Å². The van der Waals surface area contributed by atoms with Gasteiger partial charge >= 0.3 is 0 Å². The molecule has 0 saturated heterocycles. The minimum atomic E-state index is -1.20. The molecule has 2 aromatic rings. The number of anilines is 1. The highest BCUT2D eigenvalue weighted by Gasteiger charge is 2.02. The van der Waals surface area contributed by atoms with Gasteiger partial charge in [-0.05, 0) is 59.0 Å². The van der Waals surface area contributed by atoms with Gasteiger partial charge in [0, 0.05) is 9.26 Å². The van der Waals surface area contributed by atoms with E-state index in [1.807, 2.05) is 54.6 Å². The zero-order valence-electron chi connectivity index (χ0n) is 8.39. The van der Waals surface area contributed by atoms with Crippen molar-refractivity contribution in [2.24, 2.45) is 0 Å².